The quantitative estimate of drug-likeness (QED) is 0.864. The number of nitrogens with two attached hydrogens (primary N) is 1. The van der Waals surface area contributed by atoms with E-state index in [4.69, 9.17) is 22.1 Å². The lowest BCUT2D eigenvalue weighted by Crippen LogP contribution is -2.40. The Morgan fingerprint density at radius 3 is 2.82 bits per heavy atom. The number of rotatable bonds is 4. The maximum Gasteiger partial charge on any atom is 0.410 e. The van der Waals surface area contributed by atoms with Crippen LogP contribution in [0.15, 0.2) is 6.07 Å². The van der Waals surface area contributed by atoms with Gasteiger partial charge >= 0.3 is 12.2 Å². The molecule has 2 atom stereocenters. The van der Waals surface area contributed by atoms with Crippen molar-refractivity contribution in [2.75, 3.05) is 26.0 Å². The maximum absolute atomic E-state index is 12.8. The summed E-state index contributed by atoms with van der Waals surface area (Å²) in [6, 6.07) is -2.32. The average Bonchev–Trinajstić information content (AvgIpc) is 2.81. The molecule has 1 saturated heterocycles. The van der Waals surface area contributed by atoms with Crippen LogP contribution in [0.1, 0.15) is 11.6 Å². The fourth-order valence-corrected chi connectivity index (χ4v) is 2.38. The number of urea groups is 1. The second-order valence-corrected chi connectivity index (χ2v) is 5.04. The highest BCUT2D eigenvalue weighted by Crippen LogP contribution is 2.32. The average molecular weight is 340 g/mol. The van der Waals surface area contributed by atoms with Crippen molar-refractivity contribution in [2.45, 2.75) is 18.3 Å². The van der Waals surface area contributed by atoms with Crippen molar-refractivity contribution in [1.82, 2.24) is 20.4 Å². The van der Waals surface area contributed by atoms with Crippen molar-refractivity contribution in [1.29, 1.82) is 0 Å². The number of amides is 2. The van der Waals surface area contributed by atoms with Crippen molar-refractivity contribution < 1.29 is 22.7 Å². The van der Waals surface area contributed by atoms with E-state index in [-0.39, 0.29) is 23.1 Å². The predicted molar refractivity (Wildman–Crippen MR) is 71.2 cm³/mol. The Bertz CT molecular complexity index is 571. The summed E-state index contributed by atoms with van der Waals surface area (Å²) in [7, 11) is 1.36. The molecule has 7 nitrogen and oxygen atoms in total. The Hall–Kier alpha value is -1.81. The number of nitrogen functional groups attached to an aromatic ring is 1. The van der Waals surface area contributed by atoms with Crippen LogP contribution in [0.4, 0.5) is 23.8 Å². The monoisotopic (exact) mass is 339 g/mol. The van der Waals surface area contributed by atoms with Gasteiger partial charge in [0.15, 0.2) is 5.15 Å². The summed E-state index contributed by atoms with van der Waals surface area (Å²) in [4.78, 5) is 12.9. The van der Waals surface area contributed by atoms with Gasteiger partial charge in [-0.3, -0.25) is 0 Å². The molecule has 0 aromatic carbocycles. The molecular weight excluding hydrogens is 327 g/mol. The molecule has 1 aliphatic rings. The highest BCUT2D eigenvalue weighted by atomic mass is 35.5. The number of nitrogens with zero attached hydrogens (tertiary/aromatic N) is 3. The Morgan fingerprint density at radius 2 is 2.27 bits per heavy atom. The maximum atomic E-state index is 12.8. The molecule has 1 fully saturated rings. The Balaban J connectivity index is 2.32. The lowest BCUT2D eigenvalue weighted by Gasteiger charge is -2.27. The second-order valence-electron chi connectivity index (χ2n) is 4.68. The van der Waals surface area contributed by atoms with E-state index >= 15 is 0 Å². The van der Waals surface area contributed by atoms with Gasteiger partial charge in [-0.05, 0) is 6.07 Å². The van der Waals surface area contributed by atoms with Crippen molar-refractivity contribution in [2.24, 2.45) is 0 Å². The number of halogens is 4. The molecule has 1 aliphatic heterocycles. The molecule has 1 unspecified atom stereocenters. The molecule has 0 saturated carbocycles. The first kappa shape index (κ1) is 16.6. The van der Waals surface area contributed by atoms with Crippen LogP contribution in [0.5, 0.6) is 0 Å². The third kappa shape index (κ3) is 3.33. The van der Waals surface area contributed by atoms with Gasteiger partial charge in [-0.25, -0.2) is 4.79 Å². The molecule has 2 amide bonds. The molecule has 1 aromatic rings. The first-order chi connectivity index (χ1) is 10.2. The summed E-state index contributed by atoms with van der Waals surface area (Å²) in [5.74, 6) is 0.0347. The first-order valence-corrected chi connectivity index (χ1v) is 6.53. The number of anilines is 1. The third-order valence-electron chi connectivity index (χ3n) is 3.19. The smallest absolute Gasteiger partial charge is 0.382 e. The fraction of sp³-hybridized carbons (Fsp3) is 0.545. The van der Waals surface area contributed by atoms with Gasteiger partial charge in [0.2, 0.25) is 0 Å². The lowest BCUT2D eigenvalue weighted by molar-refractivity contribution is -0.150. The summed E-state index contributed by atoms with van der Waals surface area (Å²) >= 11 is 5.91. The molecule has 0 aliphatic carbocycles. The van der Waals surface area contributed by atoms with E-state index in [9.17, 15) is 18.0 Å². The number of ether oxygens (including phenoxy) is 1. The Morgan fingerprint density at radius 1 is 1.59 bits per heavy atom. The number of hydrogen-bond acceptors (Lipinski definition) is 5. The number of hydrogen-bond donors (Lipinski definition) is 2. The van der Waals surface area contributed by atoms with Crippen LogP contribution in [0.2, 0.25) is 5.15 Å². The second kappa shape index (κ2) is 6.13. The molecule has 0 spiro atoms. The van der Waals surface area contributed by atoms with Gasteiger partial charge in [0.05, 0.1) is 19.2 Å². The van der Waals surface area contributed by atoms with Crippen LogP contribution in [0, 0.1) is 0 Å². The number of carbonyl (C=O) groups is 1. The zero-order valence-corrected chi connectivity index (χ0v) is 12.1. The highest BCUT2D eigenvalue weighted by molar-refractivity contribution is 6.30. The van der Waals surface area contributed by atoms with Gasteiger partial charge in [-0.15, -0.1) is 10.2 Å². The minimum Gasteiger partial charge on any atom is -0.382 e. The van der Waals surface area contributed by atoms with E-state index in [2.05, 4.69) is 10.2 Å². The molecule has 11 heteroatoms. The first-order valence-electron chi connectivity index (χ1n) is 6.15. The zero-order chi connectivity index (χ0) is 16.5. The van der Waals surface area contributed by atoms with Crippen LogP contribution in [0.3, 0.4) is 0 Å². The molecule has 22 heavy (non-hydrogen) atoms. The molecule has 122 valence electrons. The van der Waals surface area contributed by atoms with Gasteiger partial charge in [0, 0.05) is 12.7 Å². The van der Waals surface area contributed by atoms with Gasteiger partial charge in [-0.2, -0.15) is 13.2 Å². The minimum absolute atomic E-state index is 0.0347. The van der Waals surface area contributed by atoms with Gasteiger partial charge in [-0.1, -0.05) is 11.6 Å². The largest absolute Gasteiger partial charge is 0.410 e. The van der Waals surface area contributed by atoms with Gasteiger partial charge in [0.25, 0.3) is 0 Å². The Labute approximate surface area is 128 Å². The summed E-state index contributed by atoms with van der Waals surface area (Å²) in [5.41, 5.74) is 5.79. The number of nitrogens with one attached hydrogen (secondary N) is 1. The predicted octanol–water partition coefficient (Wildman–Crippen LogP) is 1.36. The van der Waals surface area contributed by atoms with Crippen molar-refractivity contribution in [3.05, 3.63) is 16.8 Å². The van der Waals surface area contributed by atoms with Gasteiger partial charge in [0.1, 0.15) is 11.9 Å². The number of aromatic nitrogens is 2. The van der Waals surface area contributed by atoms with Crippen molar-refractivity contribution in [3.8, 4) is 0 Å². The molecule has 1 aromatic heterocycles. The fourth-order valence-electron chi connectivity index (χ4n) is 2.16. The summed E-state index contributed by atoms with van der Waals surface area (Å²) in [6.45, 7) is -0.627. The lowest BCUT2D eigenvalue weighted by atomic mass is 10.1. The normalized spacial score (nSPS) is 20.1. The SMILES string of the molecule is COCC(c1cc(N)nnc1Cl)N1C[C@@H](C(F)(F)F)NC1=O. The molecular formula is C11H13ClF3N5O2. The highest BCUT2D eigenvalue weighted by Gasteiger charge is 2.48. The number of methoxy groups -OCH3 is 1. The molecule has 0 radical (unpaired) electrons. The van der Waals surface area contributed by atoms with Crippen LogP contribution < -0.4 is 11.1 Å². The van der Waals surface area contributed by atoms with E-state index in [1.54, 1.807) is 0 Å². The number of alkyl halides is 3. The van der Waals surface area contributed by atoms with E-state index in [1.165, 1.54) is 13.2 Å². The van der Waals surface area contributed by atoms with Crippen molar-refractivity contribution in [3.63, 3.8) is 0 Å². The van der Waals surface area contributed by atoms with Crippen LogP contribution in [-0.2, 0) is 4.74 Å². The third-order valence-corrected chi connectivity index (χ3v) is 3.48. The van der Waals surface area contributed by atoms with E-state index in [0.717, 1.165) is 4.90 Å². The summed E-state index contributed by atoms with van der Waals surface area (Å²) in [5, 5.41) is 8.96. The molecule has 2 rings (SSSR count). The topological polar surface area (TPSA) is 93.4 Å². The zero-order valence-electron chi connectivity index (χ0n) is 11.4. The van der Waals surface area contributed by atoms with E-state index < -0.39 is 30.8 Å². The van der Waals surface area contributed by atoms with Crippen LogP contribution >= 0.6 is 11.6 Å². The van der Waals surface area contributed by atoms with Crippen LogP contribution in [0.25, 0.3) is 0 Å². The minimum atomic E-state index is -4.54. The van der Waals surface area contributed by atoms with Crippen LogP contribution in [-0.4, -0.2) is 53.6 Å². The molecule has 3 N–H and O–H groups in total. The molecule has 0 bridgehead atoms. The van der Waals surface area contributed by atoms with E-state index in [1.807, 2.05) is 5.32 Å². The van der Waals surface area contributed by atoms with Gasteiger partial charge < -0.3 is 20.7 Å². The summed E-state index contributed by atoms with van der Waals surface area (Å²) in [6.07, 6.45) is -4.54. The van der Waals surface area contributed by atoms with Crippen molar-refractivity contribution >= 4 is 23.4 Å². The number of carbonyl (C=O) groups excluding carboxylic acids is 1. The Kier molecular flexibility index (Phi) is 4.61. The summed E-state index contributed by atoms with van der Waals surface area (Å²) < 4.78 is 43.3. The standard InChI is InChI=1S/C11H13ClF3N5O2/c1-22-4-6(5-2-8(16)18-19-9(5)12)20-3-7(11(13,14)15)17-10(20)21/h2,6-7H,3-4H2,1H3,(H2,16,18)(H,17,21)/t6?,7-/m0/s1. The van der Waals surface area contributed by atoms with E-state index in [0.29, 0.717) is 0 Å². The molecule has 2 heterocycles.